The number of likely N-dealkylation sites (N-methyl/N-ethyl adjacent to an activating group) is 1. The van der Waals surface area contributed by atoms with E-state index in [1.807, 2.05) is 0 Å². The number of aryl methyl sites for hydroxylation is 1. The normalized spacial score (nSPS) is 18.0. The van der Waals surface area contributed by atoms with E-state index in [-0.39, 0.29) is 29.0 Å². The molecular weight excluding hydrogens is 463 g/mol. The standard InChI is InChI=1S/C20H26F3N5O4S/c1-26(11-12-29)18-5-3-4-10-28(18)33(31,32)15-8-6-14(7-9-15)24-19(30)16-13-17(20(21,22)23)25-27(16)2/h6-9,13,18,29H,3-5,10-12H2,1-2H3,(H,24,30). The number of hydrogen-bond acceptors (Lipinski definition) is 6. The number of anilines is 1. The van der Waals surface area contributed by atoms with Crippen LogP contribution in [0.4, 0.5) is 18.9 Å². The maximum absolute atomic E-state index is 13.2. The van der Waals surface area contributed by atoms with Crippen LogP contribution in [-0.4, -0.2) is 71.3 Å². The predicted octanol–water partition coefficient (Wildman–Crippen LogP) is 2.12. The first-order valence-electron chi connectivity index (χ1n) is 10.3. The molecule has 2 aromatic rings. The Labute approximate surface area is 189 Å². The highest BCUT2D eigenvalue weighted by Gasteiger charge is 2.36. The maximum atomic E-state index is 13.2. The summed E-state index contributed by atoms with van der Waals surface area (Å²) in [6.45, 7) is 0.603. The molecule has 1 saturated heterocycles. The lowest BCUT2D eigenvalue weighted by atomic mass is 10.1. The average molecular weight is 490 g/mol. The molecule has 0 saturated carbocycles. The van der Waals surface area contributed by atoms with Crippen molar-refractivity contribution < 1.29 is 31.5 Å². The van der Waals surface area contributed by atoms with E-state index in [4.69, 9.17) is 0 Å². The number of rotatable bonds is 7. The van der Waals surface area contributed by atoms with Crippen LogP contribution in [0.2, 0.25) is 0 Å². The zero-order chi connectivity index (χ0) is 24.4. The lowest BCUT2D eigenvalue weighted by Gasteiger charge is -2.39. The molecule has 3 rings (SSSR count). The minimum Gasteiger partial charge on any atom is -0.395 e. The second-order valence-electron chi connectivity index (χ2n) is 7.81. The predicted molar refractivity (Wildman–Crippen MR) is 114 cm³/mol. The molecule has 1 aliphatic rings. The summed E-state index contributed by atoms with van der Waals surface area (Å²) in [5.74, 6) is -0.808. The van der Waals surface area contributed by atoms with Crippen LogP contribution in [0.3, 0.4) is 0 Å². The van der Waals surface area contributed by atoms with Gasteiger partial charge in [-0.15, -0.1) is 0 Å². The first-order chi connectivity index (χ1) is 15.4. The molecule has 1 aromatic heterocycles. The first kappa shape index (κ1) is 25.1. The molecule has 9 nitrogen and oxygen atoms in total. The van der Waals surface area contributed by atoms with Crippen LogP contribution in [-0.2, 0) is 23.2 Å². The summed E-state index contributed by atoms with van der Waals surface area (Å²) in [5.41, 5.74) is -1.25. The highest BCUT2D eigenvalue weighted by Crippen LogP contribution is 2.29. The number of alkyl halides is 3. The zero-order valence-corrected chi connectivity index (χ0v) is 19.0. The van der Waals surface area contributed by atoms with Crippen LogP contribution < -0.4 is 5.32 Å². The highest BCUT2D eigenvalue weighted by atomic mass is 32.2. The Bertz CT molecular complexity index is 1090. The number of nitrogens with one attached hydrogen (secondary N) is 1. The van der Waals surface area contributed by atoms with Crippen molar-refractivity contribution in [1.82, 2.24) is 19.0 Å². The fraction of sp³-hybridized carbons (Fsp3) is 0.500. The molecule has 1 aromatic carbocycles. The number of carbonyl (C=O) groups excluding carboxylic acids is 1. The molecule has 33 heavy (non-hydrogen) atoms. The van der Waals surface area contributed by atoms with Crippen LogP contribution in [0.25, 0.3) is 0 Å². The third-order valence-electron chi connectivity index (χ3n) is 5.51. The van der Waals surface area contributed by atoms with Gasteiger partial charge < -0.3 is 10.4 Å². The van der Waals surface area contributed by atoms with E-state index in [0.717, 1.165) is 17.5 Å². The summed E-state index contributed by atoms with van der Waals surface area (Å²) >= 11 is 0. The van der Waals surface area contributed by atoms with Gasteiger partial charge in [0.2, 0.25) is 10.0 Å². The van der Waals surface area contributed by atoms with Crippen LogP contribution in [0.5, 0.6) is 0 Å². The quantitative estimate of drug-likeness (QED) is 0.617. The second-order valence-corrected chi connectivity index (χ2v) is 9.70. The summed E-state index contributed by atoms with van der Waals surface area (Å²) in [6, 6.07) is 6.08. The second kappa shape index (κ2) is 9.79. The number of hydrogen-bond donors (Lipinski definition) is 2. The number of halogens is 3. The van der Waals surface area contributed by atoms with Gasteiger partial charge in [-0.1, -0.05) is 0 Å². The maximum Gasteiger partial charge on any atom is 0.435 e. The number of carbonyl (C=O) groups is 1. The zero-order valence-electron chi connectivity index (χ0n) is 18.2. The minimum atomic E-state index is -4.68. The van der Waals surface area contributed by atoms with Gasteiger partial charge in [0, 0.05) is 31.9 Å². The summed E-state index contributed by atoms with van der Waals surface area (Å²) < 4.78 is 67.2. The number of aliphatic hydroxyl groups is 1. The van der Waals surface area contributed by atoms with Gasteiger partial charge in [0.1, 0.15) is 5.69 Å². The Balaban J connectivity index is 1.76. The van der Waals surface area contributed by atoms with Crippen LogP contribution in [0.1, 0.15) is 35.4 Å². The van der Waals surface area contributed by atoms with Gasteiger partial charge in [0.05, 0.1) is 17.7 Å². The molecule has 0 aliphatic carbocycles. The molecule has 2 N–H and O–H groups in total. The van der Waals surface area contributed by atoms with Crippen molar-refractivity contribution in [3.63, 3.8) is 0 Å². The fourth-order valence-corrected chi connectivity index (χ4v) is 5.48. The van der Waals surface area contributed by atoms with E-state index in [2.05, 4.69) is 10.4 Å². The average Bonchev–Trinajstić information content (AvgIpc) is 3.16. The third kappa shape index (κ3) is 5.54. The van der Waals surface area contributed by atoms with Gasteiger partial charge in [0.25, 0.3) is 5.91 Å². The lowest BCUT2D eigenvalue weighted by molar-refractivity contribution is -0.141. The minimum absolute atomic E-state index is 0.0321. The molecule has 2 heterocycles. The van der Waals surface area contributed by atoms with Crippen molar-refractivity contribution in [1.29, 1.82) is 0 Å². The lowest BCUT2D eigenvalue weighted by Crippen LogP contribution is -2.52. The van der Waals surface area contributed by atoms with Crippen molar-refractivity contribution in [3.8, 4) is 0 Å². The number of aromatic nitrogens is 2. The van der Waals surface area contributed by atoms with Gasteiger partial charge >= 0.3 is 6.18 Å². The van der Waals surface area contributed by atoms with Gasteiger partial charge in [-0.05, 0) is 50.6 Å². The molecule has 1 unspecified atom stereocenters. The molecule has 1 fully saturated rings. The van der Waals surface area contributed by atoms with E-state index in [1.165, 1.54) is 35.6 Å². The number of sulfonamides is 1. The van der Waals surface area contributed by atoms with E-state index in [9.17, 15) is 31.5 Å². The van der Waals surface area contributed by atoms with E-state index in [0.29, 0.717) is 25.6 Å². The molecule has 1 amide bonds. The molecule has 1 aliphatic heterocycles. The molecule has 0 bridgehead atoms. The van der Waals surface area contributed by atoms with Crippen LogP contribution >= 0.6 is 0 Å². The monoisotopic (exact) mass is 489 g/mol. The van der Waals surface area contributed by atoms with Crippen molar-refractivity contribution in [2.45, 2.75) is 36.5 Å². The van der Waals surface area contributed by atoms with Crippen molar-refractivity contribution >= 4 is 21.6 Å². The largest absolute Gasteiger partial charge is 0.435 e. The van der Waals surface area contributed by atoms with Crippen molar-refractivity contribution in [3.05, 3.63) is 41.7 Å². The molecule has 13 heteroatoms. The number of piperidine rings is 1. The van der Waals surface area contributed by atoms with Gasteiger partial charge in [-0.2, -0.15) is 22.6 Å². The Morgan fingerprint density at radius 2 is 1.94 bits per heavy atom. The van der Waals surface area contributed by atoms with Gasteiger partial charge in [-0.25, -0.2) is 8.42 Å². The molecule has 0 radical (unpaired) electrons. The van der Waals surface area contributed by atoms with Gasteiger partial charge in [-0.3, -0.25) is 14.4 Å². The summed E-state index contributed by atoms with van der Waals surface area (Å²) in [5, 5.41) is 15.0. The molecular formula is C20H26F3N5O4S. The number of amides is 1. The smallest absolute Gasteiger partial charge is 0.395 e. The molecule has 182 valence electrons. The van der Waals surface area contributed by atoms with E-state index < -0.39 is 27.8 Å². The van der Waals surface area contributed by atoms with E-state index in [1.54, 1.807) is 11.9 Å². The Kier molecular flexibility index (Phi) is 7.46. The SMILES string of the molecule is CN(CCO)C1CCCCN1S(=O)(=O)c1ccc(NC(=O)c2cc(C(F)(F)F)nn2C)cc1. The Morgan fingerprint density at radius 1 is 1.27 bits per heavy atom. The number of nitrogens with zero attached hydrogens (tertiary/aromatic N) is 4. The van der Waals surface area contributed by atoms with Crippen LogP contribution in [0, 0.1) is 0 Å². The fourth-order valence-electron chi connectivity index (χ4n) is 3.77. The Morgan fingerprint density at radius 3 is 2.52 bits per heavy atom. The highest BCUT2D eigenvalue weighted by molar-refractivity contribution is 7.89. The van der Waals surface area contributed by atoms with Crippen molar-refractivity contribution in [2.75, 3.05) is 32.1 Å². The van der Waals surface area contributed by atoms with E-state index >= 15 is 0 Å². The topological polar surface area (TPSA) is 108 Å². The molecule has 0 spiro atoms. The van der Waals surface area contributed by atoms with Crippen molar-refractivity contribution in [2.24, 2.45) is 7.05 Å². The third-order valence-corrected chi connectivity index (χ3v) is 7.42. The summed E-state index contributed by atoms with van der Waals surface area (Å²) in [6.07, 6.45) is -2.80. The first-order valence-corrected chi connectivity index (χ1v) is 11.7. The Hall–Kier alpha value is -2.48. The van der Waals surface area contributed by atoms with Gasteiger partial charge in [0.15, 0.2) is 5.69 Å². The molecule has 1 atom stereocenters. The number of aliphatic hydroxyl groups excluding tert-OH is 1. The summed E-state index contributed by atoms with van der Waals surface area (Å²) in [7, 11) is -0.849. The number of benzene rings is 1. The van der Waals surface area contributed by atoms with Crippen LogP contribution in [0.15, 0.2) is 35.2 Å². The summed E-state index contributed by atoms with van der Waals surface area (Å²) in [4.78, 5) is 14.2.